The van der Waals surface area contributed by atoms with E-state index in [4.69, 9.17) is 11.6 Å². The third-order valence-electron chi connectivity index (χ3n) is 6.07. The fraction of sp³-hybridized carbons (Fsp3) is 0.0714. The van der Waals surface area contributed by atoms with Crippen LogP contribution in [0, 0.1) is 6.92 Å². The molecule has 0 fully saturated rings. The topological polar surface area (TPSA) is 0 Å². The van der Waals surface area contributed by atoms with Gasteiger partial charge in [0.15, 0.2) is 0 Å². The highest BCUT2D eigenvalue weighted by Gasteiger charge is 2.46. The van der Waals surface area contributed by atoms with Crippen LogP contribution in [0.1, 0.15) is 33.4 Å². The second-order valence-electron chi connectivity index (χ2n) is 8.06. The Kier molecular flexibility index (Phi) is 6.66. The lowest BCUT2D eigenvalue weighted by Gasteiger charge is -2.34. The number of rotatable bonds is 3. The van der Waals surface area contributed by atoms with Gasteiger partial charge in [-0.1, -0.05) is 109 Å². The van der Waals surface area contributed by atoms with Crippen LogP contribution in [0.4, 0.5) is 16.8 Å². The molecule has 1 unspecified atom stereocenters. The normalized spacial score (nSPS) is 16.2. The molecule has 0 aliphatic heterocycles. The molecule has 4 aromatic rings. The van der Waals surface area contributed by atoms with Crippen molar-refractivity contribution in [3.63, 3.8) is 0 Å². The van der Waals surface area contributed by atoms with Gasteiger partial charge in [0.25, 0.3) is 0 Å². The Morgan fingerprint density at radius 2 is 1.26 bits per heavy atom. The maximum absolute atomic E-state index is 9.80. The Morgan fingerprint density at radius 1 is 0.735 bits per heavy atom. The van der Waals surface area contributed by atoms with E-state index >= 15 is 0 Å². The van der Waals surface area contributed by atoms with E-state index in [1.54, 1.807) is 0 Å². The number of benzene rings is 4. The molecule has 0 saturated carbocycles. The number of halogens is 5. The molecule has 0 saturated heterocycles. The monoisotopic (exact) mass is 499 g/mol. The summed E-state index contributed by atoms with van der Waals surface area (Å²) in [4.78, 5) is 0. The Hall–Kier alpha value is -2.94. The second kappa shape index (κ2) is 9.37. The van der Waals surface area contributed by atoms with Crippen LogP contribution in [0.15, 0.2) is 97.6 Å². The highest BCUT2D eigenvalue weighted by Crippen LogP contribution is 2.65. The first-order chi connectivity index (χ1) is 16.1. The molecule has 6 heteroatoms. The van der Waals surface area contributed by atoms with Gasteiger partial charge >= 0.3 is 8.51 Å². The van der Waals surface area contributed by atoms with Crippen LogP contribution < -0.4 is 0 Å². The third kappa shape index (κ3) is 4.53. The molecule has 0 nitrogen and oxygen atoms in total. The predicted molar refractivity (Wildman–Crippen MR) is 135 cm³/mol. The lowest BCUT2D eigenvalue weighted by Crippen LogP contribution is -2.28. The first-order valence-corrected chi connectivity index (χ1v) is 12.3. The van der Waals surface area contributed by atoms with Crippen molar-refractivity contribution in [2.24, 2.45) is 0 Å². The minimum absolute atomic E-state index is 0.399. The summed E-state index contributed by atoms with van der Waals surface area (Å²) in [6, 6.07) is 32.6. The average molecular weight is 500 g/mol. The molecular weight excluding hydrogens is 479 g/mol. The molecular formula is C28H21ClF4P+. The van der Waals surface area contributed by atoms with Crippen LogP contribution in [0.3, 0.4) is 0 Å². The summed E-state index contributed by atoms with van der Waals surface area (Å²) in [6.45, 7) is 6.04. The predicted octanol–water partition coefficient (Wildman–Crippen LogP) is 10.2. The fourth-order valence-electron chi connectivity index (χ4n) is 4.71. The van der Waals surface area contributed by atoms with E-state index in [2.05, 4.69) is 98.4 Å². The van der Waals surface area contributed by atoms with Crippen LogP contribution in [0.25, 0.3) is 17.2 Å². The molecule has 0 spiro atoms. The lowest BCUT2D eigenvalue weighted by molar-refractivity contribution is 0.489. The molecule has 1 aliphatic rings. The largest absolute Gasteiger partial charge is 0.755 e. The number of hydrogen-bond acceptors (Lipinski definition) is 0. The summed E-state index contributed by atoms with van der Waals surface area (Å²) >= 11 is 6.53. The quantitative estimate of drug-likeness (QED) is 0.171. The molecule has 1 aliphatic carbocycles. The van der Waals surface area contributed by atoms with Gasteiger partial charge in [0.2, 0.25) is 0 Å². The molecule has 0 aromatic heterocycles. The second-order valence-corrected chi connectivity index (χ2v) is 9.26. The van der Waals surface area contributed by atoms with E-state index in [0.717, 1.165) is 10.6 Å². The van der Waals surface area contributed by atoms with E-state index < -0.39 is 13.9 Å². The Labute approximate surface area is 202 Å². The van der Waals surface area contributed by atoms with Crippen molar-refractivity contribution in [3.05, 3.63) is 136 Å². The number of aryl methyl sites for hydroxylation is 1. The first kappa shape index (κ1) is 24.2. The summed E-state index contributed by atoms with van der Waals surface area (Å²) in [7, 11) is -6.39. The van der Waals surface area contributed by atoms with E-state index in [1.165, 1.54) is 38.9 Å². The summed E-state index contributed by atoms with van der Waals surface area (Å²) in [6.07, 6.45) is 1.88. The van der Waals surface area contributed by atoms with E-state index in [9.17, 15) is 16.8 Å². The van der Waals surface area contributed by atoms with E-state index in [0.29, 0.717) is 0 Å². The molecule has 0 N–H and O–H groups in total. The molecule has 1 atom stereocenters. The van der Waals surface area contributed by atoms with Gasteiger partial charge in [-0.25, -0.2) is 0 Å². The van der Waals surface area contributed by atoms with Crippen LogP contribution in [-0.2, 0) is 5.41 Å². The van der Waals surface area contributed by atoms with Gasteiger partial charge < -0.3 is 0 Å². The number of hydrogen-bond donors (Lipinski definition) is 0. The zero-order chi connectivity index (χ0) is 24.5. The van der Waals surface area contributed by atoms with Crippen LogP contribution in [0.2, 0.25) is 5.02 Å². The van der Waals surface area contributed by atoms with Crippen molar-refractivity contribution in [2.75, 3.05) is 0 Å². The molecule has 172 valence electrons. The van der Waals surface area contributed by atoms with Gasteiger partial charge in [0.05, 0.1) is 22.2 Å². The Morgan fingerprint density at radius 3 is 1.85 bits per heavy atom. The van der Waals surface area contributed by atoms with Crippen molar-refractivity contribution in [1.29, 1.82) is 0 Å². The van der Waals surface area contributed by atoms with Gasteiger partial charge in [-0.3, -0.25) is 0 Å². The van der Waals surface area contributed by atoms with Crippen molar-refractivity contribution < 1.29 is 16.8 Å². The smallest absolute Gasteiger partial charge is 0.0985 e. The van der Waals surface area contributed by atoms with Crippen molar-refractivity contribution in [2.45, 2.75) is 12.3 Å². The highest BCUT2D eigenvalue weighted by atomic mass is 35.5. The van der Waals surface area contributed by atoms with E-state index in [1.807, 2.05) is 12.1 Å². The van der Waals surface area contributed by atoms with Crippen LogP contribution in [-0.4, -0.2) is 0 Å². The van der Waals surface area contributed by atoms with Crippen molar-refractivity contribution >= 4 is 26.2 Å². The van der Waals surface area contributed by atoms with Gasteiger partial charge in [0, 0.05) is 5.02 Å². The van der Waals surface area contributed by atoms with Crippen molar-refractivity contribution in [3.8, 4) is 11.1 Å². The van der Waals surface area contributed by atoms with Gasteiger partial charge in [0.1, 0.15) is 0 Å². The molecule has 5 rings (SSSR count). The summed E-state index contributed by atoms with van der Waals surface area (Å²) in [5.41, 5.74) is 9.52. The van der Waals surface area contributed by atoms with Crippen molar-refractivity contribution in [1.82, 2.24) is 0 Å². The SMILES string of the molecule is C=Cc1ccc(C2(c3ccc(C)cc3)c3ccccc3-c3ccc(Cl)cc32)cc1.F[P+](F)(F)F. The minimum Gasteiger partial charge on any atom is -0.0985 e. The fourth-order valence-corrected chi connectivity index (χ4v) is 4.89. The summed E-state index contributed by atoms with van der Waals surface area (Å²) in [5, 5.41) is 0.760. The van der Waals surface area contributed by atoms with Gasteiger partial charge in [-0.05, 0) is 58.0 Å². The Bertz CT molecular complexity index is 1320. The molecule has 4 aromatic carbocycles. The third-order valence-corrected chi connectivity index (χ3v) is 6.31. The van der Waals surface area contributed by atoms with Crippen LogP contribution in [0.5, 0.6) is 0 Å². The summed E-state index contributed by atoms with van der Waals surface area (Å²) in [5.74, 6) is 0. The van der Waals surface area contributed by atoms with Gasteiger partial charge in [-0.2, -0.15) is 0 Å². The van der Waals surface area contributed by atoms with E-state index in [-0.39, 0.29) is 0 Å². The zero-order valence-corrected chi connectivity index (χ0v) is 19.9. The molecule has 34 heavy (non-hydrogen) atoms. The molecule has 0 amide bonds. The Balaban J connectivity index is 0.000000499. The zero-order valence-electron chi connectivity index (χ0n) is 18.3. The molecule has 0 heterocycles. The first-order valence-electron chi connectivity index (χ1n) is 10.5. The summed E-state index contributed by atoms with van der Waals surface area (Å²) < 4.78 is 39.2. The molecule has 0 radical (unpaired) electrons. The van der Waals surface area contributed by atoms with Gasteiger partial charge in [-0.15, -0.1) is 0 Å². The maximum Gasteiger partial charge on any atom is 0.755 e. The minimum atomic E-state index is -6.39. The molecule has 0 bridgehead atoms. The highest BCUT2D eigenvalue weighted by molar-refractivity contribution is 7.54. The average Bonchev–Trinajstić information content (AvgIpc) is 3.09. The lowest BCUT2D eigenvalue weighted by atomic mass is 9.67. The maximum atomic E-state index is 9.80. The number of fused-ring (bicyclic) bond motifs is 3. The van der Waals surface area contributed by atoms with Crippen LogP contribution >= 0.6 is 20.1 Å². The standard InChI is InChI=1S/C28H21Cl.F4P/c1-3-20-10-14-22(15-11-20)28(21-12-8-19(2)9-13-21)26-7-5-4-6-24(26)25-17-16-23(29)18-27(25)28;1-5(2,3)4/h3-18H,1H2,2H3;/q;+1.